The molecule has 2 aromatic carbocycles. The fourth-order valence-corrected chi connectivity index (χ4v) is 8.18. The van der Waals surface area contributed by atoms with E-state index in [-0.39, 0.29) is 71.1 Å². The van der Waals surface area contributed by atoms with Crippen molar-refractivity contribution in [2.24, 2.45) is 0 Å². The minimum Gasteiger partial charge on any atom is -0.360 e. The number of fused-ring (bicyclic) bond motifs is 14. The van der Waals surface area contributed by atoms with Crippen molar-refractivity contribution in [3.63, 3.8) is 0 Å². The monoisotopic (exact) mass is 794 g/mol. The molecular weight excluding hydrogens is 762 g/mol. The normalized spacial score (nSPS) is 19.1. The van der Waals surface area contributed by atoms with Crippen LogP contribution in [-0.2, 0) is 76.7 Å². The number of hydrogen-bond acceptors (Lipinski definition) is 0. The number of hydrogen-bond donors (Lipinski definition) is 0. The Hall–Kier alpha value is -3.79. The van der Waals surface area contributed by atoms with Crippen LogP contribution in [0.25, 0.3) is 22.5 Å². The summed E-state index contributed by atoms with van der Waals surface area (Å²) in [6, 6.07) is 40.8. The Bertz CT molecular complexity index is 2370. The quantitative estimate of drug-likeness (QED) is 0.155. The second kappa shape index (κ2) is 13.4. The van der Waals surface area contributed by atoms with Gasteiger partial charge in [-0.2, -0.15) is 32.4 Å². The Morgan fingerprint density at radius 1 is 0.580 bits per heavy atom. The third-order valence-corrected chi connectivity index (χ3v) is 9.97. The van der Waals surface area contributed by atoms with Crippen molar-refractivity contribution < 1.29 is 83.7 Å². The molecule has 2 unspecified atom stereocenters. The van der Waals surface area contributed by atoms with Gasteiger partial charge < -0.3 is 24.8 Å². The average Bonchev–Trinajstić information content (AvgIpc) is 3.83. The Morgan fingerprint density at radius 3 is 1.72 bits per heavy atom. The number of nitrogens with zero attached hydrogens (tertiary/aromatic N) is 4. The van der Waals surface area contributed by atoms with E-state index in [2.05, 4.69) is 147 Å². The fourth-order valence-electron chi connectivity index (χ4n) is 8.18. The zero-order chi connectivity index (χ0) is 32.5. The van der Waals surface area contributed by atoms with E-state index in [4.69, 9.17) is 6.58 Å². The molecule has 4 nitrogen and oxygen atoms in total. The molecular formula is C44H32N4Y2. The molecule has 0 bridgehead atoms. The van der Waals surface area contributed by atoms with Crippen molar-refractivity contribution in [2.45, 2.75) is 25.2 Å². The Balaban J connectivity index is 0.000000153. The van der Waals surface area contributed by atoms with Crippen LogP contribution < -0.4 is 18.3 Å². The summed E-state index contributed by atoms with van der Waals surface area (Å²) >= 11 is 0. The zero-order valence-electron chi connectivity index (χ0n) is 28.0. The largest absolute Gasteiger partial charge is 0.417 e. The summed E-state index contributed by atoms with van der Waals surface area (Å²) < 4.78 is 9.23. The summed E-state index contributed by atoms with van der Waals surface area (Å²) in [5, 5.41) is 0. The molecule has 4 aliphatic rings. The van der Waals surface area contributed by atoms with Crippen molar-refractivity contribution in [2.75, 3.05) is 0 Å². The van der Waals surface area contributed by atoms with E-state index in [9.17, 15) is 0 Å². The smallest absolute Gasteiger partial charge is 0.360 e. The molecule has 0 N–H and O–H groups in total. The maximum atomic E-state index is 5.96. The first-order valence-electron chi connectivity index (χ1n) is 16.2. The van der Waals surface area contributed by atoms with Gasteiger partial charge in [-0.05, 0) is 55.5 Å². The van der Waals surface area contributed by atoms with Gasteiger partial charge in [0, 0.05) is 89.7 Å². The molecule has 4 aliphatic heterocycles. The van der Waals surface area contributed by atoms with Crippen LogP contribution in [0.5, 0.6) is 0 Å². The molecule has 0 fully saturated rings. The first-order valence-corrected chi connectivity index (χ1v) is 16.2. The minimum atomic E-state index is -0.565. The molecule has 6 heteroatoms. The predicted molar refractivity (Wildman–Crippen MR) is 181 cm³/mol. The van der Waals surface area contributed by atoms with E-state index in [1.165, 1.54) is 39.2 Å². The predicted octanol–water partition coefficient (Wildman–Crippen LogP) is 5.84. The molecule has 2 atom stereocenters. The summed E-state index contributed by atoms with van der Waals surface area (Å²) in [6.07, 6.45) is 22.2. The first-order chi connectivity index (χ1) is 23.6. The van der Waals surface area contributed by atoms with Gasteiger partial charge in [-0.3, -0.25) is 0 Å². The Labute approximate surface area is 344 Å². The van der Waals surface area contributed by atoms with Crippen LogP contribution in [0, 0.1) is 31.7 Å². The zero-order valence-corrected chi connectivity index (χ0v) is 33.6. The van der Waals surface area contributed by atoms with Gasteiger partial charge >= 0.3 is 5.66 Å². The van der Waals surface area contributed by atoms with Gasteiger partial charge in [-0.1, -0.05) is 35.9 Å². The fraction of sp³-hybridized carbons (Fsp3) is 0.0909. The maximum Gasteiger partial charge on any atom is 0.417 e. The van der Waals surface area contributed by atoms with Gasteiger partial charge in [-0.15, -0.1) is 28.2 Å². The summed E-state index contributed by atoms with van der Waals surface area (Å²) in [6.45, 7) is 10.0. The summed E-state index contributed by atoms with van der Waals surface area (Å²) in [5.74, 6) is 0. The summed E-state index contributed by atoms with van der Waals surface area (Å²) in [7, 11) is 0. The Kier molecular flexibility index (Phi) is 9.28. The number of allylic oxidation sites excluding steroid dienone is 5. The second-order valence-electron chi connectivity index (χ2n) is 12.4. The molecule has 8 heterocycles. The number of aryl methyl sites for hydroxylation is 1. The van der Waals surface area contributed by atoms with Crippen molar-refractivity contribution in [3.05, 3.63) is 216 Å². The van der Waals surface area contributed by atoms with Crippen LogP contribution in [0.4, 0.5) is 0 Å². The standard InChI is InChI=1S/C24H18N2.C20H14N2.2Y/c1-17-12-13-21-19(16-17)23-11-5-7-15-26(23)24(21)20-9-3-2-8-18(20)22-10-4-6-14-25(22)24;1-3-9-17-15-19-11-6-8-13-22(19)20(17)16(4-2)14-18-10-5-7-12-21(18)20;;/h2-16H,1H3;2,4-13H,1H3;;/q+2;-2;;. The minimum absolute atomic E-state index is 0. The van der Waals surface area contributed by atoms with E-state index >= 15 is 0 Å². The van der Waals surface area contributed by atoms with Crippen molar-refractivity contribution in [1.29, 1.82) is 0 Å². The van der Waals surface area contributed by atoms with Crippen molar-refractivity contribution in [1.82, 2.24) is 0 Å². The topological polar surface area (TPSA) is 15.5 Å². The van der Waals surface area contributed by atoms with Crippen LogP contribution in [0.2, 0.25) is 0 Å². The van der Waals surface area contributed by atoms with Gasteiger partial charge in [0.25, 0.3) is 0 Å². The molecule has 2 radical (unpaired) electrons. The van der Waals surface area contributed by atoms with Crippen molar-refractivity contribution >= 4 is 0 Å². The average molecular weight is 795 g/mol. The molecule has 50 heavy (non-hydrogen) atoms. The van der Waals surface area contributed by atoms with Gasteiger partial charge in [0.1, 0.15) is 11.1 Å². The van der Waals surface area contributed by atoms with E-state index in [0.29, 0.717) is 0 Å². The van der Waals surface area contributed by atoms with Crippen LogP contribution in [-0.4, -0.2) is 0 Å². The van der Waals surface area contributed by atoms with Crippen LogP contribution in [0.3, 0.4) is 0 Å². The van der Waals surface area contributed by atoms with Crippen LogP contribution in [0.15, 0.2) is 163 Å². The van der Waals surface area contributed by atoms with Crippen LogP contribution in [0.1, 0.15) is 35.0 Å². The van der Waals surface area contributed by atoms with Crippen molar-refractivity contribution in [3.8, 4) is 22.5 Å². The van der Waals surface area contributed by atoms with Gasteiger partial charge in [0.05, 0.1) is 22.5 Å². The van der Waals surface area contributed by atoms with Gasteiger partial charge in [0.2, 0.25) is 17.1 Å². The molecule has 0 amide bonds. The van der Waals surface area contributed by atoms with E-state index < -0.39 is 5.66 Å². The van der Waals surface area contributed by atoms with E-state index in [1.54, 1.807) is 6.08 Å². The maximum absolute atomic E-state index is 5.96. The third kappa shape index (κ3) is 4.65. The van der Waals surface area contributed by atoms with Crippen LogP contribution >= 0.6 is 0 Å². The molecule has 0 saturated carbocycles. The number of rotatable bonds is 2. The van der Waals surface area contributed by atoms with Gasteiger partial charge in [0.15, 0.2) is 24.8 Å². The second-order valence-corrected chi connectivity index (χ2v) is 12.4. The van der Waals surface area contributed by atoms with Gasteiger partial charge in [-0.25, -0.2) is 0 Å². The number of pyridine rings is 4. The molecule has 0 aliphatic carbocycles. The first kappa shape index (κ1) is 34.6. The molecule has 10 rings (SSSR count). The molecule has 2 spiro atoms. The summed E-state index contributed by atoms with van der Waals surface area (Å²) in [4.78, 5) is 0. The molecule has 0 saturated heterocycles. The number of benzene rings is 2. The Morgan fingerprint density at radius 2 is 1.10 bits per heavy atom. The molecule has 4 aromatic heterocycles. The number of aromatic nitrogens is 4. The molecule has 234 valence electrons. The molecule has 6 aromatic rings. The third-order valence-electron chi connectivity index (χ3n) is 9.97. The SMILES string of the molecule is Cc1ccc2c(c1)-c1cccc[n+]1C21c2ccccc2-c2cccc[n+]21.[CH-]=CC1=[C-]c2cccc[n+]2C12C(C=[C-]C)=[C-]c1cccc[n+]12.[Y].[Y]. The summed E-state index contributed by atoms with van der Waals surface area (Å²) in [5.41, 5.74) is 12.1. The van der Waals surface area contributed by atoms with E-state index in [0.717, 1.165) is 22.5 Å². The van der Waals surface area contributed by atoms with E-state index in [1.807, 2.05) is 49.4 Å².